The van der Waals surface area contributed by atoms with Crippen LogP contribution < -0.4 is 0 Å². The molecule has 0 N–H and O–H groups in total. The summed E-state index contributed by atoms with van der Waals surface area (Å²) in [6.45, 7) is 1.94. The van der Waals surface area contributed by atoms with Crippen LogP contribution in [0.5, 0.6) is 0 Å². The Hall–Kier alpha value is -0.520. The van der Waals surface area contributed by atoms with E-state index in [2.05, 4.69) is 5.92 Å². The fourth-order valence-electron chi connectivity index (χ4n) is 1.19. The van der Waals surface area contributed by atoms with Crippen LogP contribution in [0.2, 0.25) is 0 Å². The maximum atomic E-state index is 5.43. The first-order valence-corrected chi connectivity index (χ1v) is 4.06. The second-order valence-electron chi connectivity index (χ2n) is 2.71. The molecule has 1 saturated heterocycles. The van der Waals surface area contributed by atoms with E-state index < -0.39 is 0 Å². The zero-order chi connectivity index (χ0) is 7.94. The van der Waals surface area contributed by atoms with E-state index in [-0.39, 0.29) is 6.10 Å². The second-order valence-corrected chi connectivity index (χ2v) is 2.71. The van der Waals surface area contributed by atoms with Crippen molar-refractivity contribution in [2.24, 2.45) is 0 Å². The minimum absolute atomic E-state index is 0.289. The van der Waals surface area contributed by atoms with Crippen LogP contribution in [0.15, 0.2) is 0 Å². The first kappa shape index (κ1) is 8.58. The predicted molar refractivity (Wildman–Crippen MR) is 43.2 cm³/mol. The molecule has 0 radical (unpaired) electrons. The molecule has 0 spiro atoms. The van der Waals surface area contributed by atoms with Crippen molar-refractivity contribution in [3.8, 4) is 12.3 Å². The molecule has 1 aliphatic rings. The Labute approximate surface area is 67.9 Å². The van der Waals surface area contributed by atoms with E-state index in [1.807, 2.05) is 0 Å². The van der Waals surface area contributed by atoms with Gasteiger partial charge in [-0.25, -0.2) is 0 Å². The highest BCUT2D eigenvalue weighted by Gasteiger charge is 2.12. The molecule has 0 aromatic heterocycles. The van der Waals surface area contributed by atoms with Crippen molar-refractivity contribution < 1.29 is 9.47 Å². The van der Waals surface area contributed by atoms with Crippen LogP contribution in [-0.2, 0) is 9.47 Å². The summed E-state index contributed by atoms with van der Waals surface area (Å²) in [5, 5.41) is 0. The minimum Gasteiger partial charge on any atom is -0.376 e. The van der Waals surface area contributed by atoms with Crippen molar-refractivity contribution in [1.29, 1.82) is 0 Å². The topological polar surface area (TPSA) is 18.5 Å². The van der Waals surface area contributed by atoms with Gasteiger partial charge in [-0.1, -0.05) is 5.92 Å². The Morgan fingerprint density at radius 1 is 1.55 bits per heavy atom. The molecule has 0 bridgehead atoms. The van der Waals surface area contributed by atoms with Crippen LogP contribution in [0.25, 0.3) is 0 Å². The van der Waals surface area contributed by atoms with Crippen molar-refractivity contribution in [3.63, 3.8) is 0 Å². The molecule has 0 aromatic rings. The smallest absolute Gasteiger partial charge is 0.107 e. The van der Waals surface area contributed by atoms with Gasteiger partial charge >= 0.3 is 0 Å². The average molecular weight is 154 g/mol. The summed E-state index contributed by atoms with van der Waals surface area (Å²) in [6, 6.07) is 0. The van der Waals surface area contributed by atoms with Crippen LogP contribution in [0.3, 0.4) is 0 Å². The average Bonchev–Trinajstić information content (AvgIpc) is 2.07. The van der Waals surface area contributed by atoms with Gasteiger partial charge in [-0.05, 0) is 19.3 Å². The number of ether oxygens (including phenoxy) is 2. The summed E-state index contributed by atoms with van der Waals surface area (Å²) < 4.78 is 10.6. The van der Waals surface area contributed by atoms with Crippen LogP contribution >= 0.6 is 0 Å². The Balaban J connectivity index is 2.01. The standard InChI is InChI=1S/C9H14O2/c1-2-6-10-8-9-5-3-4-7-11-9/h1,9H,3-8H2/t9-/m1/s1. The maximum Gasteiger partial charge on any atom is 0.107 e. The monoisotopic (exact) mass is 154 g/mol. The molecule has 0 amide bonds. The molecule has 2 nitrogen and oxygen atoms in total. The minimum atomic E-state index is 0.289. The zero-order valence-corrected chi connectivity index (χ0v) is 6.71. The lowest BCUT2D eigenvalue weighted by Crippen LogP contribution is -2.24. The van der Waals surface area contributed by atoms with Crippen LogP contribution in [0.1, 0.15) is 19.3 Å². The molecule has 2 heteroatoms. The van der Waals surface area contributed by atoms with Gasteiger partial charge in [-0.2, -0.15) is 0 Å². The first-order chi connectivity index (χ1) is 5.43. The van der Waals surface area contributed by atoms with Crippen molar-refractivity contribution in [1.82, 2.24) is 0 Å². The molecule has 1 aliphatic heterocycles. The molecule has 0 aliphatic carbocycles. The summed E-state index contributed by atoms with van der Waals surface area (Å²) in [6.07, 6.45) is 8.87. The number of terminal acetylenes is 1. The largest absolute Gasteiger partial charge is 0.376 e. The Morgan fingerprint density at radius 3 is 3.09 bits per heavy atom. The summed E-state index contributed by atoms with van der Waals surface area (Å²) in [5.41, 5.74) is 0. The van der Waals surface area contributed by atoms with Crippen molar-refractivity contribution in [2.45, 2.75) is 25.4 Å². The highest BCUT2D eigenvalue weighted by atomic mass is 16.5. The molecule has 1 rings (SSSR count). The lowest BCUT2D eigenvalue weighted by molar-refractivity contribution is -0.0345. The van der Waals surface area contributed by atoms with Gasteiger partial charge in [-0.3, -0.25) is 0 Å². The first-order valence-electron chi connectivity index (χ1n) is 4.06. The van der Waals surface area contributed by atoms with E-state index >= 15 is 0 Å². The summed E-state index contributed by atoms with van der Waals surface area (Å²) in [4.78, 5) is 0. The van der Waals surface area contributed by atoms with Gasteiger partial charge in [-0.15, -0.1) is 6.42 Å². The third-order valence-electron chi connectivity index (χ3n) is 1.76. The van der Waals surface area contributed by atoms with E-state index in [0.717, 1.165) is 13.0 Å². The third-order valence-corrected chi connectivity index (χ3v) is 1.76. The molecule has 0 unspecified atom stereocenters. The number of hydrogen-bond acceptors (Lipinski definition) is 2. The van der Waals surface area contributed by atoms with Crippen LogP contribution in [0.4, 0.5) is 0 Å². The Kier molecular flexibility index (Phi) is 4.03. The predicted octanol–water partition coefficient (Wildman–Crippen LogP) is 1.21. The van der Waals surface area contributed by atoms with Gasteiger partial charge in [0.1, 0.15) is 6.61 Å². The molecule has 11 heavy (non-hydrogen) atoms. The molecule has 62 valence electrons. The van der Waals surface area contributed by atoms with Gasteiger partial charge in [0.15, 0.2) is 0 Å². The van der Waals surface area contributed by atoms with Crippen molar-refractivity contribution >= 4 is 0 Å². The van der Waals surface area contributed by atoms with E-state index in [1.54, 1.807) is 0 Å². The maximum absolute atomic E-state index is 5.43. The summed E-state index contributed by atoms with van der Waals surface area (Å²) in [7, 11) is 0. The van der Waals surface area contributed by atoms with Crippen molar-refractivity contribution in [3.05, 3.63) is 0 Å². The molecule has 1 atom stereocenters. The second kappa shape index (κ2) is 5.17. The molecular weight excluding hydrogens is 140 g/mol. The normalized spacial score (nSPS) is 24.5. The lowest BCUT2D eigenvalue weighted by atomic mass is 10.1. The van der Waals surface area contributed by atoms with E-state index in [0.29, 0.717) is 13.2 Å². The molecule has 0 saturated carbocycles. The molecule has 1 heterocycles. The molecule has 1 fully saturated rings. The molecule has 0 aromatic carbocycles. The van der Waals surface area contributed by atoms with Gasteiger partial charge < -0.3 is 9.47 Å². The van der Waals surface area contributed by atoms with E-state index in [9.17, 15) is 0 Å². The third kappa shape index (κ3) is 3.41. The Morgan fingerprint density at radius 2 is 2.45 bits per heavy atom. The lowest BCUT2D eigenvalue weighted by Gasteiger charge is -2.21. The molecular formula is C9H14O2. The summed E-state index contributed by atoms with van der Waals surface area (Å²) in [5.74, 6) is 2.43. The Bertz CT molecular complexity index is 131. The van der Waals surface area contributed by atoms with Crippen LogP contribution in [-0.4, -0.2) is 25.9 Å². The quantitative estimate of drug-likeness (QED) is 0.449. The highest BCUT2D eigenvalue weighted by molar-refractivity contribution is 4.83. The number of rotatable bonds is 3. The zero-order valence-electron chi connectivity index (χ0n) is 6.71. The van der Waals surface area contributed by atoms with E-state index in [1.165, 1.54) is 12.8 Å². The van der Waals surface area contributed by atoms with Crippen LogP contribution in [0, 0.1) is 12.3 Å². The van der Waals surface area contributed by atoms with E-state index in [4.69, 9.17) is 15.9 Å². The summed E-state index contributed by atoms with van der Waals surface area (Å²) >= 11 is 0. The van der Waals surface area contributed by atoms with Gasteiger partial charge in [0, 0.05) is 6.61 Å². The fraction of sp³-hybridized carbons (Fsp3) is 0.778. The SMILES string of the molecule is C#CCOC[C@H]1CCCCO1. The fourth-order valence-corrected chi connectivity index (χ4v) is 1.19. The van der Waals surface area contributed by atoms with Gasteiger partial charge in [0.25, 0.3) is 0 Å². The highest BCUT2D eigenvalue weighted by Crippen LogP contribution is 2.12. The van der Waals surface area contributed by atoms with Crippen molar-refractivity contribution in [2.75, 3.05) is 19.8 Å². The van der Waals surface area contributed by atoms with Gasteiger partial charge in [0.2, 0.25) is 0 Å². The van der Waals surface area contributed by atoms with Gasteiger partial charge in [0.05, 0.1) is 12.7 Å². The number of hydrogen-bond donors (Lipinski definition) is 0.